The number of aromatic nitrogens is 1. The Morgan fingerprint density at radius 1 is 1.41 bits per heavy atom. The van der Waals surface area contributed by atoms with Crippen LogP contribution in [-0.4, -0.2) is 26.9 Å². The van der Waals surface area contributed by atoms with E-state index in [-0.39, 0.29) is 4.65 Å². The highest BCUT2D eigenvalue weighted by Crippen LogP contribution is 2.27. The number of nitrogens with one attached hydrogen (secondary N) is 1. The first-order valence-corrected chi connectivity index (χ1v) is 7.24. The minimum atomic E-state index is -0.528. The Bertz CT molecular complexity index is 710. The zero-order valence-electron chi connectivity index (χ0n) is 12.5. The fourth-order valence-corrected chi connectivity index (χ4v) is 3.02. The van der Waals surface area contributed by atoms with Crippen LogP contribution in [0.25, 0.3) is 0 Å². The van der Waals surface area contributed by atoms with Gasteiger partial charge in [0.05, 0.1) is 12.2 Å². The molecular weight excluding hydrogens is 282 g/mol. The number of aryl methyl sites for hydroxylation is 1. The summed E-state index contributed by atoms with van der Waals surface area (Å²) in [5, 5.41) is 21.7. The van der Waals surface area contributed by atoms with Crippen LogP contribution in [0, 0.1) is 5.21 Å². The minimum absolute atomic E-state index is 0.281. The van der Waals surface area contributed by atoms with Crippen LogP contribution in [0.2, 0.25) is 0 Å². The molecule has 116 valence electrons. The molecule has 22 heavy (non-hydrogen) atoms. The van der Waals surface area contributed by atoms with E-state index in [1.54, 1.807) is 17.6 Å². The average Bonchev–Trinajstić information content (AvgIpc) is 2.90. The molecule has 0 fully saturated rings. The molecule has 2 heterocycles. The van der Waals surface area contributed by atoms with E-state index in [2.05, 4.69) is 0 Å². The Labute approximate surface area is 128 Å². The second kappa shape index (κ2) is 5.57. The van der Waals surface area contributed by atoms with Crippen molar-refractivity contribution in [3.8, 4) is 0 Å². The van der Waals surface area contributed by atoms with Gasteiger partial charge in [-0.3, -0.25) is 10.0 Å². The van der Waals surface area contributed by atoms with Crippen molar-refractivity contribution in [1.29, 1.82) is 0 Å². The zero-order chi connectivity index (χ0) is 15.7. The number of benzene rings is 1. The van der Waals surface area contributed by atoms with Crippen molar-refractivity contribution in [1.82, 2.24) is 10.0 Å². The van der Waals surface area contributed by atoms with Gasteiger partial charge in [0.2, 0.25) is 0 Å². The summed E-state index contributed by atoms with van der Waals surface area (Å²) in [6.07, 6.45) is 2.58. The maximum Gasteiger partial charge on any atom is 0.274 e. The Balaban J connectivity index is 1.81. The molecule has 0 saturated heterocycles. The average molecular weight is 301 g/mol. The van der Waals surface area contributed by atoms with Gasteiger partial charge in [-0.1, -0.05) is 6.07 Å². The van der Waals surface area contributed by atoms with Crippen LogP contribution < -0.4 is 5.48 Å². The Morgan fingerprint density at radius 3 is 2.91 bits per heavy atom. The predicted octanol–water partition coefficient (Wildman–Crippen LogP) is 1.71. The molecule has 1 aromatic carbocycles. The van der Waals surface area contributed by atoms with E-state index >= 15 is 0 Å². The van der Waals surface area contributed by atoms with Gasteiger partial charge in [0.25, 0.3) is 5.91 Å². The normalized spacial score (nSPS) is 20.5. The number of hydrogen-bond donors (Lipinski definition) is 2. The monoisotopic (exact) mass is 301 g/mol. The molecule has 1 aromatic heterocycles. The number of nitrogens with zero attached hydrogens (tertiary/aromatic N) is 2. The van der Waals surface area contributed by atoms with E-state index in [0.29, 0.717) is 31.6 Å². The fourth-order valence-electron chi connectivity index (χ4n) is 3.02. The van der Waals surface area contributed by atoms with E-state index in [0.717, 1.165) is 16.8 Å². The molecule has 0 radical (unpaired) electrons. The quantitative estimate of drug-likeness (QED) is 0.392. The Kier molecular flexibility index (Phi) is 3.74. The highest BCUT2D eigenvalue weighted by Gasteiger charge is 2.26. The van der Waals surface area contributed by atoms with E-state index in [9.17, 15) is 10.0 Å². The summed E-state index contributed by atoms with van der Waals surface area (Å²) < 4.78 is 1.69. The molecule has 1 atom stereocenters. The molecule has 1 unspecified atom stereocenters. The van der Waals surface area contributed by atoms with Crippen molar-refractivity contribution in [3.05, 3.63) is 64.1 Å². The minimum Gasteiger partial charge on any atom is -0.632 e. The third-order valence-electron chi connectivity index (χ3n) is 4.32. The number of hydroxylamine groups is 4. The molecule has 0 spiro atoms. The van der Waals surface area contributed by atoms with E-state index in [1.807, 2.05) is 36.0 Å². The lowest BCUT2D eigenvalue weighted by atomic mass is 9.96. The Morgan fingerprint density at radius 2 is 2.23 bits per heavy atom. The first-order chi connectivity index (χ1) is 10.5. The number of carbonyl (C=O) groups excluding carboxylic acids is 1. The van der Waals surface area contributed by atoms with Crippen LogP contribution in [0.15, 0.2) is 36.5 Å². The lowest BCUT2D eigenvalue weighted by molar-refractivity contribution is -0.909. The second-order valence-corrected chi connectivity index (χ2v) is 5.88. The summed E-state index contributed by atoms with van der Waals surface area (Å²) in [4.78, 5) is 11.4. The van der Waals surface area contributed by atoms with Crippen molar-refractivity contribution in [2.75, 3.05) is 6.54 Å². The number of amides is 1. The summed E-state index contributed by atoms with van der Waals surface area (Å²) in [7, 11) is 1.94. The maximum absolute atomic E-state index is 13.0. The fraction of sp³-hybridized carbons (Fsp3) is 0.312. The lowest BCUT2D eigenvalue weighted by Gasteiger charge is -2.46. The van der Waals surface area contributed by atoms with Gasteiger partial charge in [-0.05, 0) is 29.8 Å². The highest BCUT2D eigenvalue weighted by molar-refractivity contribution is 5.93. The first kappa shape index (κ1) is 14.8. The third kappa shape index (κ3) is 2.76. The number of hydrogen-bond acceptors (Lipinski definition) is 3. The highest BCUT2D eigenvalue weighted by atomic mass is 16.5. The van der Waals surface area contributed by atoms with Gasteiger partial charge in [-0.25, -0.2) is 5.48 Å². The molecule has 1 aliphatic heterocycles. The van der Waals surface area contributed by atoms with Crippen LogP contribution in [-0.2, 0) is 26.6 Å². The SMILES string of the molecule is Cn1cccc1C[N+]1([O-])CCc2cc(C(=O)NO)ccc2C1. The molecule has 3 rings (SSSR count). The van der Waals surface area contributed by atoms with Gasteiger partial charge >= 0.3 is 0 Å². The largest absolute Gasteiger partial charge is 0.632 e. The lowest BCUT2D eigenvalue weighted by Crippen LogP contribution is -2.45. The molecule has 2 N–H and O–H groups in total. The first-order valence-electron chi connectivity index (χ1n) is 7.24. The van der Waals surface area contributed by atoms with Crippen molar-refractivity contribution >= 4 is 5.91 Å². The van der Waals surface area contributed by atoms with Crippen LogP contribution in [0.5, 0.6) is 0 Å². The zero-order valence-corrected chi connectivity index (χ0v) is 12.5. The van der Waals surface area contributed by atoms with E-state index in [1.165, 1.54) is 0 Å². The molecule has 1 aliphatic rings. The van der Waals surface area contributed by atoms with Gasteiger partial charge < -0.3 is 14.4 Å². The molecule has 6 nitrogen and oxygen atoms in total. The number of quaternary nitrogens is 1. The standard InChI is InChI=1S/C16H19N3O3/c1-18-7-2-3-15(18)11-19(22)8-6-12-9-13(16(20)17-21)4-5-14(12)10-19/h2-5,7,9,21H,6,8,10-11H2,1H3,(H,17,20). The summed E-state index contributed by atoms with van der Waals surface area (Å²) in [6, 6.07) is 9.13. The van der Waals surface area contributed by atoms with Crippen LogP contribution in [0.3, 0.4) is 0 Å². The molecule has 2 aromatic rings. The van der Waals surface area contributed by atoms with Gasteiger partial charge in [0, 0.05) is 30.8 Å². The van der Waals surface area contributed by atoms with Gasteiger partial charge in [-0.2, -0.15) is 0 Å². The van der Waals surface area contributed by atoms with E-state index in [4.69, 9.17) is 5.21 Å². The topological polar surface area (TPSA) is 77.3 Å². The van der Waals surface area contributed by atoms with Crippen molar-refractivity contribution < 1.29 is 14.6 Å². The summed E-state index contributed by atoms with van der Waals surface area (Å²) >= 11 is 0. The van der Waals surface area contributed by atoms with Crippen LogP contribution >= 0.6 is 0 Å². The molecule has 0 saturated carbocycles. The van der Waals surface area contributed by atoms with Gasteiger partial charge in [0.15, 0.2) is 0 Å². The number of carbonyl (C=O) groups is 1. The van der Waals surface area contributed by atoms with E-state index < -0.39 is 5.91 Å². The van der Waals surface area contributed by atoms with Crippen molar-refractivity contribution in [2.24, 2.45) is 7.05 Å². The summed E-state index contributed by atoms with van der Waals surface area (Å²) in [5.41, 5.74) is 5.06. The molecule has 6 heteroatoms. The van der Waals surface area contributed by atoms with Gasteiger partial charge in [0.1, 0.15) is 13.1 Å². The molecule has 0 bridgehead atoms. The smallest absolute Gasteiger partial charge is 0.274 e. The second-order valence-electron chi connectivity index (χ2n) is 5.88. The summed E-state index contributed by atoms with van der Waals surface area (Å²) in [6.45, 7) is 1.34. The van der Waals surface area contributed by atoms with Crippen molar-refractivity contribution in [3.63, 3.8) is 0 Å². The molecule has 0 aliphatic carbocycles. The molecular formula is C16H19N3O3. The van der Waals surface area contributed by atoms with Gasteiger partial charge in [-0.15, -0.1) is 0 Å². The van der Waals surface area contributed by atoms with Crippen molar-refractivity contribution in [2.45, 2.75) is 19.5 Å². The number of fused-ring (bicyclic) bond motifs is 1. The predicted molar refractivity (Wildman–Crippen MR) is 80.7 cm³/mol. The molecule has 1 amide bonds. The summed E-state index contributed by atoms with van der Waals surface area (Å²) in [5.74, 6) is -0.528. The number of rotatable bonds is 3. The van der Waals surface area contributed by atoms with Crippen LogP contribution in [0.4, 0.5) is 0 Å². The Hall–Kier alpha value is -2.15. The van der Waals surface area contributed by atoms with Crippen LogP contribution in [0.1, 0.15) is 27.2 Å². The maximum atomic E-state index is 13.0. The third-order valence-corrected chi connectivity index (χ3v) is 4.32.